The Hall–Kier alpha value is -1.35. The van der Waals surface area contributed by atoms with Gasteiger partial charge in [-0.2, -0.15) is 0 Å². The number of carbonyl (C=O) groups is 1. The first-order valence-corrected chi connectivity index (χ1v) is 7.59. The zero-order valence-corrected chi connectivity index (χ0v) is 12.7. The van der Waals surface area contributed by atoms with Crippen molar-refractivity contribution in [3.8, 4) is 0 Å². The second-order valence-corrected chi connectivity index (χ2v) is 5.87. The Balaban J connectivity index is 2.34. The summed E-state index contributed by atoms with van der Waals surface area (Å²) in [5.41, 5.74) is 0.258. The van der Waals surface area contributed by atoms with Gasteiger partial charge in [0.2, 0.25) is 0 Å². The minimum absolute atomic E-state index is 0.127. The Labute approximate surface area is 121 Å². The second kappa shape index (κ2) is 6.40. The lowest BCUT2D eigenvalue weighted by Crippen LogP contribution is -2.54. The lowest BCUT2D eigenvalue weighted by molar-refractivity contribution is -0.154. The van der Waals surface area contributed by atoms with Crippen LogP contribution in [0.3, 0.4) is 0 Å². The van der Waals surface area contributed by atoms with Gasteiger partial charge >= 0.3 is 5.97 Å². The maximum Gasteiger partial charge on any atom is 0.331 e. The quantitative estimate of drug-likeness (QED) is 0.777. The van der Waals surface area contributed by atoms with E-state index in [4.69, 9.17) is 4.74 Å². The Kier molecular flexibility index (Phi) is 4.81. The summed E-state index contributed by atoms with van der Waals surface area (Å²) in [5.74, 6) is 0.677. The van der Waals surface area contributed by atoms with Gasteiger partial charge in [-0.1, -0.05) is 44.2 Å². The van der Waals surface area contributed by atoms with Gasteiger partial charge in [0.05, 0.1) is 6.61 Å². The number of nitrogens with one attached hydrogen (secondary N) is 1. The van der Waals surface area contributed by atoms with Crippen LogP contribution in [0.1, 0.15) is 39.2 Å². The van der Waals surface area contributed by atoms with E-state index < -0.39 is 5.54 Å². The largest absolute Gasteiger partial charge is 0.464 e. The third-order valence-electron chi connectivity index (χ3n) is 4.06. The number of rotatable bonds is 7. The van der Waals surface area contributed by atoms with E-state index in [1.807, 2.05) is 37.3 Å². The summed E-state index contributed by atoms with van der Waals surface area (Å²) in [4.78, 5) is 12.7. The van der Waals surface area contributed by atoms with Crippen LogP contribution in [0.25, 0.3) is 0 Å². The van der Waals surface area contributed by atoms with E-state index in [1.165, 1.54) is 12.8 Å². The molecule has 110 valence electrons. The molecule has 0 amide bonds. The van der Waals surface area contributed by atoms with E-state index in [0.717, 1.165) is 12.1 Å². The minimum atomic E-state index is -0.736. The number of hydrogen-bond donors (Lipinski definition) is 1. The van der Waals surface area contributed by atoms with Crippen LogP contribution in [0.15, 0.2) is 30.3 Å². The average molecular weight is 275 g/mol. The van der Waals surface area contributed by atoms with Crippen molar-refractivity contribution >= 4 is 5.97 Å². The summed E-state index contributed by atoms with van der Waals surface area (Å²) in [6, 6.07) is 9.95. The molecule has 3 nitrogen and oxygen atoms in total. The predicted molar refractivity (Wildman–Crippen MR) is 80.3 cm³/mol. The van der Waals surface area contributed by atoms with Gasteiger partial charge in [-0.25, -0.2) is 4.79 Å². The number of benzene rings is 1. The van der Waals surface area contributed by atoms with Crippen LogP contribution in [0.2, 0.25) is 0 Å². The van der Waals surface area contributed by atoms with Gasteiger partial charge in [0.25, 0.3) is 0 Å². The van der Waals surface area contributed by atoms with E-state index in [0.29, 0.717) is 12.5 Å². The lowest BCUT2D eigenvalue weighted by Gasteiger charge is -2.36. The average Bonchev–Trinajstić information content (AvgIpc) is 3.25. The van der Waals surface area contributed by atoms with Crippen LogP contribution in [-0.4, -0.2) is 19.1 Å². The van der Waals surface area contributed by atoms with E-state index in [9.17, 15) is 4.79 Å². The molecule has 0 aromatic heterocycles. The van der Waals surface area contributed by atoms with Crippen LogP contribution in [0, 0.1) is 11.8 Å². The molecule has 1 unspecified atom stereocenters. The van der Waals surface area contributed by atoms with E-state index >= 15 is 0 Å². The maximum atomic E-state index is 12.7. The van der Waals surface area contributed by atoms with Gasteiger partial charge in [-0.3, -0.25) is 5.32 Å². The molecule has 2 rings (SSSR count). The van der Waals surface area contributed by atoms with Gasteiger partial charge in [0.1, 0.15) is 5.54 Å². The normalized spacial score (nSPS) is 17.8. The molecule has 1 atom stereocenters. The van der Waals surface area contributed by atoms with E-state index in [1.54, 1.807) is 0 Å². The molecule has 0 heterocycles. The zero-order valence-electron chi connectivity index (χ0n) is 12.7. The zero-order chi connectivity index (χ0) is 14.6. The fourth-order valence-electron chi connectivity index (χ4n) is 2.64. The molecular formula is C17H25NO2. The van der Waals surface area contributed by atoms with Crippen molar-refractivity contribution in [2.24, 2.45) is 11.8 Å². The highest BCUT2D eigenvalue weighted by atomic mass is 16.5. The number of esters is 1. The van der Waals surface area contributed by atoms with Crippen LogP contribution in [-0.2, 0) is 15.1 Å². The Morgan fingerprint density at radius 1 is 1.35 bits per heavy atom. The summed E-state index contributed by atoms with van der Waals surface area (Å²) in [6.45, 7) is 7.29. The van der Waals surface area contributed by atoms with Gasteiger partial charge in [-0.05, 0) is 43.7 Å². The van der Waals surface area contributed by atoms with Crippen LogP contribution >= 0.6 is 0 Å². The van der Waals surface area contributed by atoms with Gasteiger partial charge in [0.15, 0.2) is 0 Å². The van der Waals surface area contributed by atoms with Crippen molar-refractivity contribution in [2.45, 2.75) is 39.2 Å². The highest BCUT2D eigenvalue weighted by molar-refractivity contribution is 5.83. The third kappa shape index (κ3) is 3.04. The standard InChI is InChI=1S/C17H25NO2/c1-4-20-16(19)17(13(2)3,18-12-14-10-11-14)15-8-6-5-7-9-15/h5-9,13-14,18H,4,10-12H2,1-3H3. The molecule has 0 spiro atoms. The second-order valence-electron chi connectivity index (χ2n) is 5.87. The molecule has 0 bridgehead atoms. The minimum Gasteiger partial charge on any atom is -0.464 e. The summed E-state index contributed by atoms with van der Waals surface area (Å²) < 4.78 is 5.37. The first-order chi connectivity index (χ1) is 9.61. The topological polar surface area (TPSA) is 38.3 Å². The summed E-state index contributed by atoms with van der Waals surface area (Å²) in [6.07, 6.45) is 2.53. The molecule has 1 aliphatic rings. The molecule has 0 radical (unpaired) electrons. The first kappa shape index (κ1) is 15.0. The first-order valence-electron chi connectivity index (χ1n) is 7.59. The van der Waals surface area contributed by atoms with Crippen molar-refractivity contribution in [3.05, 3.63) is 35.9 Å². The Morgan fingerprint density at radius 2 is 2.00 bits per heavy atom. The van der Waals surface area contributed by atoms with Crippen LogP contribution < -0.4 is 5.32 Å². The molecule has 0 saturated heterocycles. The van der Waals surface area contributed by atoms with Crippen molar-refractivity contribution in [2.75, 3.05) is 13.2 Å². The monoisotopic (exact) mass is 275 g/mol. The SMILES string of the molecule is CCOC(=O)C(NCC1CC1)(c1ccccc1)C(C)C. The number of ether oxygens (including phenoxy) is 1. The molecule has 3 heteroatoms. The molecule has 1 saturated carbocycles. The Bertz CT molecular complexity index is 440. The molecule has 1 aliphatic carbocycles. The van der Waals surface area contributed by atoms with Crippen molar-refractivity contribution in [1.29, 1.82) is 0 Å². The van der Waals surface area contributed by atoms with E-state index in [-0.39, 0.29) is 11.9 Å². The molecule has 1 fully saturated rings. The molecule has 0 aliphatic heterocycles. The van der Waals surface area contributed by atoms with Gasteiger partial charge in [0, 0.05) is 0 Å². The summed E-state index contributed by atoms with van der Waals surface area (Å²) in [7, 11) is 0. The fourth-order valence-corrected chi connectivity index (χ4v) is 2.64. The third-order valence-corrected chi connectivity index (χ3v) is 4.06. The van der Waals surface area contributed by atoms with Crippen LogP contribution in [0.4, 0.5) is 0 Å². The molecule has 1 N–H and O–H groups in total. The summed E-state index contributed by atoms with van der Waals surface area (Å²) >= 11 is 0. The van der Waals surface area contributed by atoms with Crippen molar-refractivity contribution in [1.82, 2.24) is 5.32 Å². The predicted octanol–water partition coefficient (Wildman–Crippen LogP) is 3.10. The highest BCUT2D eigenvalue weighted by Crippen LogP contribution is 2.34. The fraction of sp³-hybridized carbons (Fsp3) is 0.588. The van der Waals surface area contributed by atoms with E-state index in [2.05, 4.69) is 19.2 Å². The number of hydrogen-bond acceptors (Lipinski definition) is 3. The van der Waals surface area contributed by atoms with Gasteiger partial charge in [-0.15, -0.1) is 0 Å². The number of carbonyl (C=O) groups excluding carboxylic acids is 1. The molecule has 20 heavy (non-hydrogen) atoms. The van der Waals surface area contributed by atoms with Crippen molar-refractivity contribution in [3.63, 3.8) is 0 Å². The van der Waals surface area contributed by atoms with Gasteiger partial charge < -0.3 is 4.74 Å². The highest BCUT2D eigenvalue weighted by Gasteiger charge is 2.45. The Morgan fingerprint density at radius 3 is 2.50 bits per heavy atom. The summed E-state index contributed by atoms with van der Waals surface area (Å²) in [5, 5.41) is 3.52. The molecule has 1 aromatic carbocycles. The lowest BCUT2D eigenvalue weighted by atomic mass is 9.79. The smallest absolute Gasteiger partial charge is 0.331 e. The maximum absolute atomic E-state index is 12.7. The molecular weight excluding hydrogens is 250 g/mol. The van der Waals surface area contributed by atoms with Crippen molar-refractivity contribution < 1.29 is 9.53 Å². The molecule has 1 aromatic rings. The van der Waals surface area contributed by atoms with Crippen LogP contribution in [0.5, 0.6) is 0 Å².